The molecule has 2 heterocycles. The normalized spacial score (nSPS) is 20.2. The smallest absolute Gasteiger partial charge is 0.255 e. The second kappa shape index (κ2) is 6.55. The second-order valence-electron chi connectivity index (χ2n) is 6.52. The molecule has 2 aliphatic rings. The zero-order chi connectivity index (χ0) is 15.5. The molecule has 2 amide bonds. The standard InChI is InChI=1S/C17H25N3O2/c1-18-8-7-15(13-18)17(22)20-11-9-19(10-12-20)16(21)14-5-3-2-4-6-14/h7-8,13-14H,2-6,9-12H2,1H3. The lowest BCUT2D eigenvalue weighted by Gasteiger charge is -2.37. The Bertz CT molecular complexity index is 538. The Morgan fingerprint density at radius 2 is 1.64 bits per heavy atom. The van der Waals surface area contributed by atoms with Gasteiger partial charge in [-0.05, 0) is 18.9 Å². The Kier molecular flexibility index (Phi) is 4.50. The molecule has 1 aliphatic carbocycles. The van der Waals surface area contributed by atoms with Crippen LogP contribution in [0.3, 0.4) is 0 Å². The van der Waals surface area contributed by atoms with E-state index in [1.54, 1.807) is 0 Å². The topological polar surface area (TPSA) is 45.6 Å². The molecule has 2 fully saturated rings. The number of hydrogen-bond donors (Lipinski definition) is 0. The van der Waals surface area contributed by atoms with Crippen LogP contribution in [0, 0.1) is 5.92 Å². The summed E-state index contributed by atoms with van der Waals surface area (Å²) < 4.78 is 1.89. The van der Waals surface area contributed by atoms with Crippen molar-refractivity contribution in [2.24, 2.45) is 13.0 Å². The van der Waals surface area contributed by atoms with Crippen LogP contribution in [0.5, 0.6) is 0 Å². The van der Waals surface area contributed by atoms with Crippen molar-refractivity contribution < 1.29 is 9.59 Å². The lowest BCUT2D eigenvalue weighted by Crippen LogP contribution is -2.52. The Labute approximate surface area is 131 Å². The van der Waals surface area contributed by atoms with E-state index >= 15 is 0 Å². The third-order valence-electron chi connectivity index (χ3n) is 4.91. The molecule has 1 aromatic rings. The first-order chi connectivity index (χ1) is 10.6. The Morgan fingerprint density at radius 3 is 2.23 bits per heavy atom. The lowest BCUT2D eigenvalue weighted by atomic mass is 9.88. The minimum atomic E-state index is 0.0744. The highest BCUT2D eigenvalue weighted by atomic mass is 16.2. The number of rotatable bonds is 2. The lowest BCUT2D eigenvalue weighted by molar-refractivity contribution is -0.138. The number of carbonyl (C=O) groups is 2. The van der Waals surface area contributed by atoms with E-state index in [-0.39, 0.29) is 11.8 Å². The van der Waals surface area contributed by atoms with Crippen LogP contribution in [0.1, 0.15) is 42.5 Å². The van der Waals surface area contributed by atoms with Gasteiger partial charge in [-0.2, -0.15) is 0 Å². The third-order valence-corrected chi connectivity index (χ3v) is 4.91. The fraction of sp³-hybridized carbons (Fsp3) is 0.647. The molecule has 3 rings (SSSR count). The predicted octanol–water partition coefficient (Wildman–Crippen LogP) is 1.89. The number of carbonyl (C=O) groups excluding carboxylic acids is 2. The van der Waals surface area contributed by atoms with Crippen molar-refractivity contribution in [1.29, 1.82) is 0 Å². The van der Waals surface area contributed by atoms with Gasteiger partial charge in [0.15, 0.2) is 0 Å². The first-order valence-electron chi connectivity index (χ1n) is 8.35. The fourth-order valence-corrected chi connectivity index (χ4v) is 3.55. The molecule has 1 aliphatic heterocycles. The molecule has 0 spiro atoms. The van der Waals surface area contributed by atoms with E-state index in [4.69, 9.17) is 0 Å². The Morgan fingerprint density at radius 1 is 1.00 bits per heavy atom. The molecule has 0 atom stereocenters. The maximum absolute atomic E-state index is 12.5. The molecule has 0 radical (unpaired) electrons. The minimum Gasteiger partial charge on any atom is -0.356 e. The summed E-state index contributed by atoms with van der Waals surface area (Å²) in [5, 5.41) is 0. The van der Waals surface area contributed by atoms with Crippen LogP contribution in [-0.4, -0.2) is 52.4 Å². The van der Waals surface area contributed by atoms with Gasteiger partial charge in [0.05, 0.1) is 5.56 Å². The summed E-state index contributed by atoms with van der Waals surface area (Å²) in [6.07, 6.45) is 9.46. The van der Waals surface area contributed by atoms with Gasteiger partial charge < -0.3 is 14.4 Å². The van der Waals surface area contributed by atoms with E-state index in [0.29, 0.717) is 32.1 Å². The molecule has 0 unspecified atom stereocenters. The van der Waals surface area contributed by atoms with Crippen molar-refractivity contribution in [2.45, 2.75) is 32.1 Å². The van der Waals surface area contributed by atoms with Gasteiger partial charge in [-0.25, -0.2) is 0 Å². The van der Waals surface area contributed by atoms with Gasteiger partial charge in [-0.1, -0.05) is 19.3 Å². The average Bonchev–Trinajstić information content (AvgIpc) is 3.01. The quantitative estimate of drug-likeness (QED) is 0.837. The number of piperazine rings is 1. The number of amides is 2. The highest BCUT2D eigenvalue weighted by Crippen LogP contribution is 2.26. The molecule has 120 valence electrons. The maximum atomic E-state index is 12.5. The summed E-state index contributed by atoms with van der Waals surface area (Å²) in [5.41, 5.74) is 0.731. The Balaban J connectivity index is 1.53. The highest BCUT2D eigenvalue weighted by molar-refractivity contribution is 5.94. The summed E-state index contributed by atoms with van der Waals surface area (Å²) in [7, 11) is 1.91. The van der Waals surface area contributed by atoms with Crippen LogP contribution in [0.15, 0.2) is 18.5 Å². The van der Waals surface area contributed by atoms with E-state index in [9.17, 15) is 9.59 Å². The first kappa shape index (κ1) is 15.1. The predicted molar refractivity (Wildman–Crippen MR) is 84.5 cm³/mol. The molecule has 1 saturated heterocycles. The van der Waals surface area contributed by atoms with Crippen LogP contribution in [0.25, 0.3) is 0 Å². The van der Waals surface area contributed by atoms with Gasteiger partial charge in [-0.15, -0.1) is 0 Å². The summed E-state index contributed by atoms with van der Waals surface area (Å²) in [6.45, 7) is 2.64. The summed E-state index contributed by atoms with van der Waals surface area (Å²) in [4.78, 5) is 28.7. The van der Waals surface area contributed by atoms with Crippen LogP contribution >= 0.6 is 0 Å². The molecule has 0 bridgehead atoms. The summed E-state index contributed by atoms with van der Waals surface area (Å²) >= 11 is 0. The molecular weight excluding hydrogens is 278 g/mol. The van der Waals surface area contributed by atoms with Crippen molar-refractivity contribution in [3.05, 3.63) is 24.0 Å². The van der Waals surface area contributed by atoms with E-state index in [0.717, 1.165) is 18.4 Å². The zero-order valence-corrected chi connectivity index (χ0v) is 13.3. The molecule has 5 nitrogen and oxygen atoms in total. The van der Waals surface area contributed by atoms with Crippen LogP contribution in [-0.2, 0) is 11.8 Å². The maximum Gasteiger partial charge on any atom is 0.255 e. The van der Waals surface area contributed by atoms with Crippen molar-refractivity contribution in [3.8, 4) is 0 Å². The number of nitrogens with zero attached hydrogens (tertiary/aromatic N) is 3. The number of hydrogen-bond acceptors (Lipinski definition) is 2. The molecule has 5 heteroatoms. The zero-order valence-electron chi connectivity index (χ0n) is 13.3. The summed E-state index contributed by atoms with van der Waals surface area (Å²) in [5.74, 6) is 0.613. The van der Waals surface area contributed by atoms with Crippen molar-refractivity contribution in [2.75, 3.05) is 26.2 Å². The molecule has 1 saturated carbocycles. The molecule has 22 heavy (non-hydrogen) atoms. The largest absolute Gasteiger partial charge is 0.356 e. The van der Waals surface area contributed by atoms with Crippen LogP contribution < -0.4 is 0 Å². The van der Waals surface area contributed by atoms with Gasteiger partial charge in [0.2, 0.25) is 5.91 Å². The minimum absolute atomic E-state index is 0.0744. The molecular formula is C17H25N3O2. The first-order valence-corrected chi connectivity index (χ1v) is 8.35. The van der Waals surface area contributed by atoms with Gasteiger partial charge in [0.25, 0.3) is 5.91 Å². The molecule has 0 N–H and O–H groups in total. The Hall–Kier alpha value is -1.78. The van der Waals surface area contributed by atoms with Gasteiger partial charge in [0, 0.05) is 51.5 Å². The van der Waals surface area contributed by atoms with Crippen LogP contribution in [0.4, 0.5) is 0 Å². The average molecular weight is 303 g/mol. The van der Waals surface area contributed by atoms with Crippen LogP contribution in [0.2, 0.25) is 0 Å². The van der Waals surface area contributed by atoms with E-state index in [1.165, 1.54) is 19.3 Å². The monoisotopic (exact) mass is 303 g/mol. The van der Waals surface area contributed by atoms with E-state index in [2.05, 4.69) is 0 Å². The third kappa shape index (κ3) is 3.18. The fourth-order valence-electron chi connectivity index (χ4n) is 3.55. The molecule has 0 aromatic carbocycles. The van der Waals surface area contributed by atoms with Crippen molar-refractivity contribution in [1.82, 2.24) is 14.4 Å². The summed E-state index contributed by atoms with van der Waals surface area (Å²) in [6, 6.07) is 1.85. The number of aromatic nitrogens is 1. The van der Waals surface area contributed by atoms with Gasteiger partial charge >= 0.3 is 0 Å². The SMILES string of the molecule is Cn1ccc(C(=O)N2CCN(C(=O)C3CCCCC3)CC2)c1. The van der Waals surface area contributed by atoms with Crippen molar-refractivity contribution >= 4 is 11.8 Å². The van der Waals surface area contributed by atoms with E-state index < -0.39 is 0 Å². The van der Waals surface area contributed by atoms with Crippen molar-refractivity contribution in [3.63, 3.8) is 0 Å². The molecule has 1 aromatic heterocycles. The highest BCUT2D eigenvalue weighted by Gasteiger charge is 2.29. The van der Waals surface area contributed by atoms with Gasteiger partial charge in [-0.3, -0.25) is 9.59 Å². The van der Waals surface area contributed by atoms with E-state index in [1.807, 2.05) is 39.9 Å². The second-order valence-corrected chi connectivity index (χ2v) is 6.52. The van der Waals surface area contributed by atoms with Gasteiger partial charge in [0.1, 0.15) is 0 Å². The number of aryl methyl sites for hydroxylation is 1.